The highest BCUT2D eigenvalue weighted by Crippen LogP contribution is 2.30. The molecule has 0 saturated carbocycles. The first kappa shape index (κ1) is 10.7. The van der Waals surface area contributed by atoms with Crippen molar-refractivity contribution in [3.8, 4) is 0 Å². The molecule has 1 aliphatic carbocycles. The van der Waals surface area contributed by atoms with Gasteiger partial charge in [-0.3, -0.25) is 4.84 Å². The largest absolute Gasteiger partial charge is 0.469 e. The van der Waals surface area contributed by atoms with Gasteiger partial charge in [0.1, 0.15) is 5.76 Å². The zero-order valence-electron chi connectivity index (χ0n) is 8.99. The maximum Gasteiger partial charge on any atom is 0.108 e. The Labute approximate surface area is 89.5 Å². The Morgan fingerprint density at radius 1 is 1.53 bits per heavy atom. The number of aryl methyl sites for hydroxylation is 1. The maximum absolute atomic E-state index is 5.39. The van der Waals surface area contributed by atoms with Crippen LogP contribution in [0.1, 0.15) is 30.2 Å². The molecule has 1 aromatic rings. The molecule has 0 fully saturated rings. The minimum Gasteiger partial charge on any atom is -0.469 e. The fraction of sp³-hybridized carbons (Fsp3) is 0.636. The molecule has 2 rings (SSSR count). The molecule has 1 atom stereocenters. The lowest BCUT2D eigenvalue weighted by molar-refractivity contribution is -0.0157. The predicted molar refractivity (Wildman–Crippen MR) is 55.4 cm³/mol. The number of nitrogens with one attached hydrogen (secondary N) is 1. The summed E-state index contributed by atoms with van der Waals surface area (Å²) in [7, 11) is 1.66. The van der Waals surface area contributed by atoms with Crippen LogP contribution in [0.5, 0.6) is 0 Å². The topological polar surface area (TPSA) is 43.6 Å². The van der Waals surface area contributed by atoms with Gasteiger partial charge in [0.15, 0.2) is 0 Å². The summed E-state index contributed by atoms with van der Waals surface area (Å²) in [5.74, 6) is 1.09. The van der Waals surface area contributed by atoms with E-state index in [2.05, 4.69) is 5.48 Å². The molecule has 1 heterocycles. The van der Waals surface area contributed by atoms with Crippen LogP contribution < -0.4 is 5.48 Å². The Bertz CT molecular complexity index is 298. The molecule has 0 bridgehead atoms. The van der Waals surface area contributed by atoms with Gasteiger partial charge in [-0.05, 0) is 18.9 Å². The number of hydrogen-bond acceptors (Lipinski definition) is 4. The summed E-state index contributed by atoms with van der Waals surface area (Å²) in [6.07, 6.45) is 5.03. The minimum atomic E-state index is 0.268. The van der Waals surface area contributed by atoms with E-state index in [0.29, 0.717) is 13.2 Å². The molecule has 1 aliphatic rings. The van der Waals surface area contributed by atoms with Crippen LogP contribution in [0.15, 0.2) is 16.7 Å². The first-order valence-corrected chi connectivity index (χ1v) is 5.34. The number of rotatable bonds is 5. The number of methoxy groups -OCH3 is 1. The van der Waals surface area contributed by atoms with E-state index in [1.807, 2.05) is 6.07 Å². The molecule has 4 heteroatoms. The van der Waals surface area contributed by atoms with Crippen LogP contribution in [0.2, 0.25) is 0 Å². The van der Waals surface area contributed by atoms with Gasteiger partial charge in [0.2, 0.25) is 0 Å². The average molecular weight is 211 g/mol. The molecule has 0 radical (unpaired) electrons. The molecule has 0 spiro atoms. The van der Waals surface area contributed by atoms with Crippen molar-refractivity contribution in [2.24, 2.45) is 0 Å². The Hall–Kier alpha value is -0.840. The highest BCUT2D eigenvalue weighted by atomic mass is 16.7. The molecule has 4 nitrogen and oxygen atoms in total. The van der Waals surface area contributed by atoms with Gasteiger partial charge in [0.05, 0.1) is 25.5 Å². The Balaban J connectivity index is 1.84. The van der Waals surface area contributed by atoms with E-state index in [1.54, 1.807) is 13.4 Å². The molecular formula is C11H17NO3. The van der Waals surface area contributed by atoms with Crippen LogP contribution in [0.25, 0.3) is 0 Å². The fourth-order valence-corrected chi connectivity index (χ4v) is 1.89. The summed E-state index contributed by atoms with van der Waals surface area (Å²) in [4.78, 5) is 5.32. The van der Waals surface area contributed by atoms with E-state index < -0.39 is 0 Å². The van der Waals surface area contributed by atoms with Crippen molar-refractivity contribution in [1.82, 2.24) is 5.48 Å². The molecule has 0 amide bonds. The van der Waals surface area contributed by atoms with Gasteiger partial charge >= 0.3 is 0 Å². The summed E-state index contributed by atoms with van der Waals surface area (Å²) in [5.41, 5.74) is 4.29. The second-order valence-corrected chi connectivity index (χ2v) is 3.70. The average Bonchev–Trinajstić information content (AvgIpc) is 2.73. The first-order chi connectivity index (χ1) is 7.42. The van der Waals surface area contributed by atoms with Crippen LogP contribution >= 0.6 is 0 Å². The number of ether oxygens (including phenoxy) is 1. The Morgan fingerprint density at radius 2 is 2.47 bits per heavy atom. The standard InChI is InChI=1S/C11H17NO3/c1-13-7-8-15-12-10-3-2-4-11-9(10)5-6-14-11/h5-6,10,12H,2-4,7-8H2,1H3. The van der Waals surface area contributed by atoms with Crippen molar-refractivity contribution in [1.29, 1.82) is 0 Å². The summed E-state index contributed by atoms with van der Waals surface area (Å²) in [5, 5.41) is 0. The predicted octanol–water partition coefficient (Wildman–Crippen LogP) is 1.82. The second kappa shape index (κ2) is 5.30. The van der Waals surface area contributed by atoms with Crippen LogP contribution in [-0.4, -0.2) is 20.3 Å². The third-order valence-electron chi connectivity index (χ3n) is 2.67. The van der Waals surface area contributed by atoms with Crippen molar-refractivity contribution in [3.63, 3.8) is 0 Å². The molecular weight excluding hydrogens is 194 g/mol. The van der Waals surface area contributed by atoms with Crippen molar-refractivity contribution < 1.29 is 14.0 Å². The molecule has 1 unspecified atom stereocenters. The Kier molecular flexibility index (Phi) is 3.77. The lowest BCUT2D eigenvalue weighted by Gasteiger charge is -2.22. The summed E-state index contributed by atoms with van der Waals surface area (Å²) < 4.78 is 10.3. The van der Waals surface area contributed by atoms with Gasteiger partial charge in [-0.2, -0.15) is 5.48 Å². The lowest BCUT2D eigenvalue weighted by atomic mass is 9.94. The monoisotopic (exact) mass is 211 g/mol. The van der Waals surface area contributed by atoms with E-state index in [4.69, 9.17) is 14.0 Å². The molecule has 1 aromatic heterocycles. The second-order valence-electron chi connectivity index (χ2n) is 3.70. The number of hydrogen-bond donors (Lipinski definition) is 1. The van der Waals surface area contributed by atoms with Crippen molar-refractivity contribution in [3.05, 3.63) is 23.7 Å². The summed E-state index contributed by atoms with van der Waals surface area (Å²) in [6, 6.07) is 2.29. The normalized spacial score (nSPS) is 20.2. The highest BCUT2D eigenvalue weighted by molar-refractivity contribution is 5.23. The van der Waals surface area contributed by atoms with Gasteiger partial charge in [-0.25, -0.2) is 0 Å². The lowest BCUT2D eigenvalue weighted by Crippen LogP contribution is -2.26. The molecule has 0 saturated heterocycles. The van der Waals surface area contributed by atoms with Crippen LogP contribution in [-0.2, 0) is 16.0 Å². The van der Waals surface area contributed by atoms with Gasteiger partial charge in [0.25, 0.3) is 0 Å². The van der Waals surface area contributed by atoms with E-state index in [0.717, 1.165) is 25.0 Å². The van der Waals surface area contributed by atoms with Gasteiger partial charge in [0, 0.05) is 19.1 Å². The molecule has 15 heavy (non-hydrogen) atoms. The maximum atomic E-state index is 5.39. The molecule has 0 aliphatic heterocycles. The van der Waals surface area contributed by atoms with E-state index in [9.17, 15) is 0 Å². The van der Waals surface area contributed by atoms with Crippen molar-refractivity contribution in [2.45, 2.75) is 25.3 Å². The number of furan rings is 1. The molecule has 84 valence electrons. The molecule has 0 aromatic carbocycles. The first-order valence-electron chi connectivity index (χ1n) is 5.34. The third kappa shape index (κ3) is 2.59. The number of hydroxylamine groups is 1. The highest BCUT2D eigenvalue weighted by Gasteiger charge is 2.22. The minimum absolute atomic E-state index is 0.268. The Morgan fingerprint density at radius 3 is 3.33 bits per heavy atom. The van der Waals surface area contributed by atoms with Crippen molar-refractivity contribution >= 4 is 0 Å². The fourth-order valence-electron chi connectivity index (χ4n) is 1.89. The van der Waals surface area contributed by atoms with Crippen LogP contribution in [0, 0.1) is 0 Å². The third-order valence-corrected chi connectivity index (χ3v) is 2.67. The van der Waals surface area contributed by atoms with Gasteiger partial charge in [-0.15, -0.1) is 0 Å². The molecule has 1 N–H and O–H groups in total. The SMILES string of the molecule is COCCONC1CCCc2occc21. The van der Waals surface area contributed by atoms with Gasteiger partial charge < -0.3 is 9.15 Å². The van der Waals surface area contributed by atoms with Crippen LogP contribution in [0.3, 0.4) is 0 Å². The van der Waals surface area contributed by atoms with E-state index in [-0.39, 0.29) is 6.04 Å². The van der Waals surface area contributed by atoms with Crippen LogP contribution in [0.4, 0.5) is 0 Å². The smallest absolute Gasteiger partial charge is 0.108 e. The van der Waals surface area contributed by atoms with E-state index in [1.165, 1.54) is 5.56 Å². The quantitative estimate of drug-likeness (QED) is 0.596. The van der Waals surface area contributed by atoms with Crippen molar-refractivity contribution in [2.75, 3.05) is 20.3 Å². The zero-order chi connectivity index (χ0) is 10.5. The number of fused-ring (bicyclic) bond motifs is 1. The van der Waals surface area contributed by atoms with Gasteiger partial charge in [-0.1, -0.05) is 0 Å². The summed E-state index contributed by atoms with van der Waals surface area (Å²) in [6.45, 7) is 1.18. The summed E-state index contributed by atoms with van der Waals surface area (Å²) >= 11 is 0. The van der Waals surface area contributed by atoms with E-state index >= 15 is 0 Å². The zero-order valence-corrected chi connectivity index (χ0v) is 8.99.